The minimum atomic E-state index is -0.471. The molecular weight excluding hydrogens is 676 g/mol. The predicted octanol–water partition coefficient (Wildman–Crippen LogP) is 8.08. The number of alkyl carbamates (subject to hydrolysis) is 1. The number of amides is 1. The van der Waals surface area contributed by atoms with Crippen LogP contribution in [0.2, 0.25) is 20.9 Å². The van der Waals surface area contributed by atoms with Crippen LogP contribution in [0, 0.1) is 4.64 Å². The van der Waals surface area contributed by atoms with Crippen LogP contribution in [0.25, 0.3) is 10.3 Å². The van der Waals surface area contributed by atoms with Crippen LogP contribution >= 0.6 is 81.6 Å². The summed E-state index contributed by atoms with van der Waals surface area (Å²) in [4.78, 5) is 40.5. The molecule has 0 aliphatic rings. The fraction of sp³-hybridized carbons (Fsp3) is 0.292. The zero-order chi connectivity index (χ0) is 29.7. The smallest absolute Gasteiger partial charge is 0.407 e. The molecule has 1 aromatic carbocycles. The first-order valence-corrected chi connectivity index (χ1v) is 14.4. The summed E-state index contributed by atoms with van der Waals surface area (Å²) in [5.74, 6) is 0. The molecule has 3 heterocycles. The third-order valence-corrected chi connectivity index (χ3v) is 6.80. The van der Waals surface area contributed by atoms with Gasteiger partial charge in [-0.2, -0.15) is 0 Å². The first kappa shape index (κ1) is 36.7. The van der Waals surface area contributed by atoms with Crippen molar-refractivity contribution >= 4 is 109 Å². The van der Waals surface area contributed by atoms with E-state index >= 15 is 0 Å². The van der Waals surface area contributed by atoms with E-state index in [2.05, 4.69) is 30.2 Å². The number of hydrogen-bond acceptors (Lipinski definition) is 10. The van der Waals surface area contributed by atoms with Crippen LogP contribution in [-0.4, -0.2) is 42.8 Å². The summed E-state index contributed by atoms with van der Waals surface area (Å²) in [6.45, 7) is 2.55. The van der Waals surface area contributed by atoms with Gasteiger partial charge in [-0.25, -0.2) is 24.7 Å². The molecule has 0 atom stereocenters. The van der Waals surface area contributed by atoms with E-state index in [9.17, 15) is 9.59 Å². The number of nitrogens with zero attached hydrogens (tertiary/aromatic N) is 4. The van der Waals surface area contributed by atoms with Crippen LogP contribution in [-0.2, 0) is 22.6 Å². The van der Waals surface area contributed by atoms with Gasteiger partial charge in [0.2, 0.25) is 15.8 Å². The molecule has 0 bridgehead atoms. The Kier molecular flexibility index (Phi) is 17.0. The quantitative estimate of drug-likeness (QED) is 0.0753. The Morgan fingerprint density at radius 1 is 1.10 bits per heavy atom. The Balaban J connectivity index is 0.000000409. The number of aromatic nitrogens is 5. The van der Waals surface area contributed by atoms with Gasteiger partial charge in [0.15, 0.2) is 9.79 Å². The number of aromatic amines is 1. The number of halogens is 5. The lowest BCUT2D eigenvalue weighted by molar-refractivity contribution is -0.111. The Hall–Kier alpha value is -2.32. The molecular formula is C24H26Cl5N7O3S2. The summed E-state index contributed by atoms with van der Waals surface area (Å²) in [5.41, 5.74) is 7.07. The molecule has 0 unspecified atom stereocenters. The van der Waals surface area contributed by atoms with Crippen LogP contribution in [0.4, 0.5) is 10.5 Å². The second-order valence-corrected chi connectivity index (χ2v) is 10.8. The number of hydrogen-bond donors (Lipinski definition) is 3. The molecule has 4 aromatic rings. The monoisotopic (exact) mass is 699 g/mol. The standard InChI is InChI=1S/C15H12Cl2N4O2S.C4H3Cl2N3S.C4H7ClO.CH4/c16-12-11-13(21-14(17)20-12)24-10(19-11)6-7-18-15(22)23-8-9-4-2-1-3-5-9;5-2-1(7)3(10)9-4(6)8-2;1-2-3-4(5)6;/h1-5H,6-8H2,(H,18,22);7H2,(H,8,9,10);2-3H2,1H3;1H4. The van der Waals surface area contributed by atoms with Crippen LogP contribution in [0.5, 0.6) is 0 Å². The van der Waals surface area contributed by atoms with Crippen molar-refractivity contribution in [3.8, 4) is 0 Å². The summed E-state index contributed by atoms with van der Waals surface area (Å²) in [6.07, 6.45) is 1.42. The number of nitrogens with one attached hydrogen (secondary N) is 2. The van der Waals surface area contributed by atoms with E-state index < -0.39 is 6.09 Å². The van der Waals surface area contributed by atoms with Gasteiger partial charge < -0.3 is 20.8 Å². The number of carbonyl (C=O) groups excluding carboxylic acids is 2. The number of nitrogens with two attached hydrogens (primary N) is 1. The van der Waals surface area contributed by atoms with Crippen LogP contribution in [0.15, 0.2) is 30.3 Å². The van der Waals surface area contributed by atoms with Crippen molar-refractivity contribution in [1.29, 1.82) is 0 Å². The maximum atomic E-state index is 11.7. The van der Waals surface area contributed by atoms with E-state index in [0.717, 1.165) is 17.0 Å². The molecule has 0 saturated carbocycles. The second kappa shape index (κ2) is 19.0. The minimum Gasteiger partial charge on any atom is -0.445 e. The number of carbonyl (C=O) groups is 2. The summed E-state index contributed by atoms with van der Waals surface area (Å²) >= 11 is 33.7. The number of anilines is 1. The van der Waals surface area contributed by atoms with Crippen LogP contribution < -0.4 is 11.1 Å². The number of ether oxygens (including phenoxy) is 1. The van der Waals surface area contributed by atoms with Gasteiger partial charge in [-0.1, -0.05) is 91.4 Å². The van der Waals surface area contributed by atoms with E-state index in [1.165, 1.54) is 11.3 Å². The number of rotatable bonds is 7. The molecule has 222 valence electrons. The molecule has 0 fully saturated rings. The highest BCUT2D eigenvalue weighted by Crippen LogP contribution is 2.26. The Bertz CT molecular complexity index is 1490. The average Bonchev–Trinajstić information content (AvgIpc) is 3.30. The van der Waals surface area contributed by atoms with Crippen molar-refractivity contribution in [2.45, 2.75) is 40.2 Å². The van der Waals surface area contributed by atoms with Gasteiger partial charge in [-0.3, -0.25) is 4.79 Å². The number of thiazole rings is 1. The highest BCUT2D eigenvalue weighted by atomic mass is 35.5. The molecule has 4 rings (SSSR count). The highest BCUT2D eigenvalue weighted by molar-refractivity contribution is 7.71. The third-order valence-electron chi connectivity index (χ3n) is 4.38. The maximum Gasteiger partial charge on any atom is 0.407 e. The van der Waals surface area contributed by atoms with Gasteiger partial charge in [-0.05, 0) is 46.8 Å². The van der Waals surface area contributed by atoms with E-state index in [0.29, 0.717) is 29.7 Å². The van der Waals surface area contributed by atoms with Gasteiger partial charge >= 0.3 is 6.09 Å². The maximum absolute atomic E-state index is 11.7. The number of H-pyrrole nitrogens is 1. The van der Waals surface area contributed by atoms with Gasteiger partial charge in [0.05, 0.1) is 5.01 Å². The third kappa shape index (κ3) is 13.5. The Morgan fingerprint density at radius 2 is 1.78 bits per heavy atom. The largest absolute Gasteiger partial charge is 0.445 e. The predicted molar refractivity (Wildman–Crippen MR) is 170 cm³/mol. The zero-order valence-corrected chi connectivity index (χ0v) is 26.1. The number of benzene rings is 1. The minimum absolute atomic E-state index is 0. The molecule has 10 nitrogen and oxygen atoms in total. The second-order valence-electron chi connectivity index (χ2n) is 7.45. The van der Waals surface area contributed by atoms with Crippen molar-refractivity contribution in [3.05, 3.63) is 66.4 Å². The first-order valence-electron chi connectivity index (χ1n) is 11.3. The first-order chi connectivity index (χ1) is 19.0. The molecule has 17 heteroatoms. The normalized spacial score (nSPS) is 9.90. The SMILES string of the molecule is C.CCCC(=O)Cl.Nc1c(Cl)[nH]c(Cl)nc1=S.O=C(NCCc1nc2c(Cl)nc(Cl)nc2s1)OCc1ccccc1. The van der Waals surface area contributed by atoms with E-state index in [-0.39, 0.29) is 50.5 Å². The lowest BCUT2D eigenvalue weighted by Gasteiger charge is -2.06. The Labute approximate surface area is 270 Å². The van der Waals surface area contributed by atoms with E-state index in [4.69, 9.17) is 80.7 Å². The molecule has 0 aliphatic carbocycles. The summed E-state index contributed by atoms with van der Waals surface area (Å²) in [5, 5.41) is 3.91. The Morgan fingerprint density at radius 3 is 2.37 bits per heavy atom. The van der Waals surface area contributed by atoms with Crippen molar-refractivity contribution in [1.82, 2.24) is 30.2 Å². The molecule has 0 spiro atoms. The molecule has 1 amide bonds. The highest BCUT2D eigenvalue weighted by Gasteiger charge is 2.12. The lowest BCUT2D eigenvalue weighted by atomic mass is 10.2. The molecule has 0 aliphatic heterocycles. The topological polar surface area (TPSA) is 149 Å². The van der Waals surface area contributed by atoms with E-state index in [1.807, 2.05) is 37.3 Å². The van der Waals surface area contributed by atoms with Crippen molar-refractivity contribution in [3.63, 3.8) is 0 Å². The summed E-state index contributed by atoms with van der Waals surface area (Å²) in [7, 11) is 0. The van der Waals surface area contributed by atoms with Crippen molar-refractivity contribution in [2.75, 3.05) is 12.3 Å². The van der Waals surface area contributed by atoms with Gasteiger partial charge in [-0.15, -0.1) is 0 Å². The molecule has 3 aromatic heterocycles. The van der Waals surface area contributed by atoms with Crippen LogP contribution in [0.1, 0.15) is 37.8 Å². The molecule has 0 radical (unpaired) electrons. The fourth-order valence-electron chi connectivity index (χ4n) is 2.59. The molecule has 0 saturated heterocycles. The van der Waals surface area contributed by atoms with Gasteiger partial charge in [0, 0.05) is 19.4 Å². The number of fused-ring (bicyclic) bond motifs is 1. The fourth-order valence-corrected chi connectivity index (χ4v) is 4.95. The van der Waals surface area contributed by atoms with Crippen molar-refractivity contribution < 1.29 is 14.3 Å². The summed E-state index contributed by atoms with van der Waals surface area (Å²) in [6, 6.07) is 9.48. The molecule has 4 N–H and O–H groups in total. The lowest BCUT2D eigenvalue weighted by Crippen LogP contribution is -2.26. The zero-order valence-electron chi connectivity index (χ0n) is 20.7. The van der Waals surface area contributed by atoms with Gasteiger partial charge in [0.1, 0.15) is 27.8 Å². The van der Waals surface area contributed by atoms with Gasteiger partial charge in [0.25, 0.3) is 0 Å². The average molecular weight is 702 g/mol. The van der Waals surface area contributed by atoms with Crippen molar-refractivity contribution in [2.24, 2.45) is 0 Å². The van der Waals surface area contributed by atoms with E-state index in [1.54, 1.807) is 0 Å². The summed E-state index contributed by atoms with van der Waals surface area (Å²) < 4.78 is 5.35. The molecule has 41 heavy (non-hydrogen) atoms. The number of nitrogen functional groups attached to an aromatic ring is 1. The van der Waals surface area contributed by atoms with Crippen LogP contribution in [0.3, 0.4) is 0 Å².